The molecule has 1 amide bonds. The van der Waals surface area contributed by atoms with Crippen molar-refractivity contribution in [1.29, 1.82) is 0 Å². The number of nitrogens with one attached hydrogen (secondary N) is 1. The molecule has 1 aliphatic rings. The van der Waals surface area contributed by atoms with Gasteiger partial charge in [-0.05, 0) is 49.2 Å². The van der Waals surface area contributed by atoms with Gasteiger partial charge in [0, 0.05) is 40.3 Å². The van der Waals surface area contributed by atoms with Crippen LogP contribution in [0.3, 0.4) is 0 Å². The molecule has 3 rings (SSSR count). The molecule has 7 heteroatoms. The molecule has 5 nitrogen and oxygen atoms in total. The largest absolute Gasteiger partial charge is 0.381 e. The molecule has 0 spiro atoms. The molecule has 126 valence electrons. The molecule has 2 N–H and O–H groups in total. The molecule has 1 aromatic carbocycles. The van der Waals surface area contributed by atoms with E-state index in [1.807, 2.05) is 41.9 Å². The monoisotopic (exact) mass is 362 g/mol. The van der Waals surface area contributed by atoms with E-state index in [9.17, 15) is 4.79 Å². The normalized spacial score (nSPS) is 16.5. The Morgan fingerprint density at radius 1 is 1.04 bits per heavy atom. The Morgan fingerprint density at radius 2 is 1.62 bits per heavy atom. The van der Waals surface area contributed by atoms with Crippen LogP contribution in [0.4, 0.5) is 0 Å². The number of thioether (sulfide) groups is 1. The first kappa shape index (κ1) is 17.3. The van der Waals surface area contributed by atoms with E-state index in [2.05, 4.69) is 4.98 Å². The molecule has 24 heavy (non-hydrogen) atoms. The number of benzene rings is 1. The zero-order valence-corrected chi connectivity index (χ0v) is 14.6. The highest BCUT2D eigenvalue weighted by molar-refractivity contribution is 8.01. The highest BCUT2D eigenvalue weighted by Gasteiger charge is 2.41. The van der Waals surface area contributed by atoms with Crippen LogP contribution >= 0.6 is 23.5 Å². The highest BCUT2D eigenvalue weighted by atomic mass is 32.2. The summed E-state index contributed by atoms with van der Waals surface area (Å²) in [5.41, 5.74) is 1.81. The van der Waals surface area contributed by atoms with Crippen molar-refractivity contribution in [3.05, 3.63) is 48.8 Å². The molecule has 0 unspecified atom stereocenters. The summed E-state index contributed by atoms with van der Waals surface area (Å²) in [6, 6.07) is 12.0. The topological polar surface area (TPSA) is 71.5 Å². The van der Waals surface area contributed by atoms with Crippen molar-refractivity contribution >= 4 is 29.4 Å². The standard InChI is InChI=1S/C17H18N2O3S2/c20-16(19-21)17(7-11-22-12-8-17)24-15-3-1-13(2-4-15)23-14-5-9-18-10-6-14/h1-6,9-10,21H,7-8,11-12H2,(H,19,20). The summed E-state index contributed by atoms with van der Waals surface area (Å²) in [6.45, 7) is 1.05. The Kier molecular flexibility index (Phi) is 5.78. The van der Waals surface area contributed by atoms with Gasteiger partial charge in [-0.3, -0.25) is 15.0 Å². The zero-order chi connectivity index (χ0) is 16.8. The number of nitrogens with zero attached hydrogens (tertiary/aromatic N) is 1. The molecule has 1 saturated heterocycles. The van der Waals surface area contributed by atoms with Crippen molar-refractivity contribution in [3.8, 4) is 0 Å². The second-order valence-corrected chi connectivity index (χ2v) is 8.01. The molecule has 0 aliphatic carbocycles. The number of hydrogen-bond donors (Lipinski definition) is 2. The molecule has 1 fully saturated rings. The fraction of sp³-hybridized carbons (Fsp3) is 0.294. The smallest absolute Gasteiger partial charge is 0.260 e. The first-order chi connectivity index (χ1) is 11.7. The summed E-state index contributed by atoms with van der Waals surface area (Å²) in [4.78, 5) is 19.4. The van der Waals surface area contributed by atoms with Crippen molar-refractivity contribution in [1.82, 2.24) is 10.5 Å². The van der Waals surface area contributed by atoms with E-state index in [1.54, 1.807) is 24.2 Å². The summed E-state index contributed by atoms with van der Waals surface area (Å²) >= 11 is 3.15. The Hall–Kier alpha value is -1.54. The molecule has 1 aromatic heterocycles. The van der Waals surface area contributed by atoms with Crippen LogP contribution in [-0.4, -0.2) is 34.1 Å². The Bertz CT molecular complexity index is 674. The summed E-state index contributed by atoms with van der Waals surface area (Å²) in [7, 11) is 0. The lowest BCUT2D eigenvalue weighted by molar-refractivity contribution is -0.134. The number of amides is 1. The second-order valence-electron chi connectivity index (χ2n) is 5.41. The highest BCUT2D eigenvalue weighted by Crippen LogP contribution is 2.41. The molecule has 0 bridgehead atoms. The van der Waals surface area contributed by atoms with Gasteiger partial charge in [-0.15, -0.1) is 11.8 Å². The molecular formula is C17H18N2O3S2. The maximum Gasteiger partial charge on any atom is 0.260 e. The van der Waals surface area contributed by atoms with Gasteiger partial charge >= 0.3 is 0 Å². The van der Waals surface area contributed by atoms with E-state index in [1.165, 1.54) is 11.8 Å². The van der Waals surface area contributed by atoms with Gasteiger partial charge in [-0.1, -0.05) is 11.8 Å². The van der Waals surface area contributed by atoms with Gasteiger partial charge in [-0.2, -0.15) is 0 Å². The van der Waals surface area contributed by atoms with Crippen LogP contribution in [0.2, 0.25) is 0 Å². The number of aromatic nitrogens is 1. The van der Waals surface area contributed by atoms with Gasteiger partial charge in [0.1, 0.15) is 4.75 Å². The molecule has 0 atom stereocenters. The van der Waals surface area contributed by atoms with Crippen molar-refractivity contribution in [2.45, 2.75) is 32.3 Å². The van der Waals surface area contributed by atoms with Crippen molar-refractivity contribution in [2.75, 3.05) is 13.2 Å². The second kappa shape index (κ2) is 8.02. The quantitative estimate of drug-likeness (QED) is 0.628. The van der Waals surface area contributed by atoms with Gasteiger partial charge in [0.15, 0.2) is 0 Å². The Morgan fingerprint density at radius 3 is 2.25 bits per heavy atom. The third kappa shape index (κ3) is 4.10. The SMILES string of the molecule is O=C(NO)C1(Sc2ccc(Sc3ccncc3)cc2)CCOCC1. The maximum absolute atomic E-state index is 12.2. The van der Waals surface area contributed by atoms with Crippen LogP contribution in [0.25, 0.3) is 0 Å². The number of ether oxygens (including phenoxy) is 1. The van der Waals surface area contributed by atoms with Gasteiger partial charge < -0.3 is 4.74 Å². The van der Waals surface area contributed by atoms with Gasteiger partial charge in [0.25, 0.3) is 5.91 Å². The van der Waals surface area contributed by atoms with Crippen LogP contribution in [0, 0.1) is 0 Å². The van der Waals surface area contributed by atoms with Crippen LogP contribution < -0.4 is 5.48 Å². The van der Waals surface area contributed by atoms with Gasteiger partial charge in [0.05, 0.1) is 0 Å². The van der Waals surface area contributed by atoms with E-state index in [0.29, 0.717) is 26.1 Å². The number of hydrogen-bond acceptors (Lipinski definition) is 6. The van der Waals surface area contributed by atoms with Crippen LogP contribution in [0.5, 0.6) is 0 Å². The average Bonchev–Trinajstić information content (AvgIpc) is 2.64. The first-order valence-electron chi connectivity index (χ1n) is 7.61. The van der Waals surface area contributed by atoms with Crippen molar-refractivity contribution in [2.24, 2.45) is 0 Å². The minimum atomic E-state index is -0.674. The third-order valence-electron chi connectivity index (χ3n) is 3.84. The summed E-state index contributed by atoms with van der Waals surface area (Å²) in [6.07, 6.45) is 4.71. The summed E-state index contributed by atoms with van der Waals surface area (Å²) in [5.74, 6) is -0.356. The van der Waals surface area contributed by atoms with E-state index in [4.69, 9.17) is 9.94 Å². The lowest BCUT2D eigenvalue weighted by Gasteiger charge is -2.34. The van der Waals surface area contributed by atoms with E-state index < -0.39 is 4.75 Å². The average molecular weight is 362 g/mol. The number of rotatable bonds is 5. The lowest BCUT2D eigenvalue weighted by Crippen LogP contribution is -2.46. The van der Waals surface area contributed by atoms with Gasteiger partial charge in [0.2, 0.25) is 0 Å². The van der Waals surface area contributed by atoms with E-state index in [0.717, 1.165) is 14.7 Å². The zero-order valence-electron chi connectivity index (χ0n) is 13.0. The summed E-state index contributed by atoms with van der Waals surface area (Å²) < 4.78 is 4.69. The minimum absolute atomic E-state index is 0.356. The van der Waals surface area contributed by atoms with Crippen LogP contribution in [-0.2, 0) is 9.53 Å². The Balaban J connectivity index is 1.71. The number of carbonyl (C=O) groups excluding carboxylic acids is 1. The predicted molar refractivity (Wildman–Crippen MR) is 93.4 cm³/mol. The molecule has 2 heterocycles. The van der Waals surface area contributed by atoms with Crippen molar-refractivity contribution < 1.29 is 14.7 Å². The van der Waals surface area contributed by atoms with Crippen LogP contribution in [0.15, 0.2) is 63.5 Å². The predicted octanol–water partition coefficient (Wildman–Crippen LogP) is 3.38. The van der Waals surface area contributed by atoms with Gasteiger partial charge in [-0.25, -0.2) is 5.48 Å². The van der Waals surface area contributed by atoms with E-state index in [-0.39, 0.29) is 5.91 Å². The number of carbonyl (C=O) groups is 1. The fourth-order valence-corrected chi connectivity index (χ4v) is 4.56. The Labute approximate surface area is 149 Å². The molecular weight excluding hydrogens is 344 g/mol. The van der Waals surface area contributed by atoms with Crippen molar-refractivity contribution in [3.63, 3.8) is 0 Å². The fourth-order valence-electron chi connectivity index (χ4n) is 2.52. The molecule has 2 aromatic rings. The van der Waals surface area contributed by atoms with E-state index >= 15 is 0 Å². The number of hydroxylamine groups is 1. The lowest BCUT2D eigenvalue weighted by atomic mass is 9.98. The number of pyridine rings is 1. The third-order valence-corrected chi connectivity index (χ3v) is 6.35. The first-order valence-corrected chi connectivity index (χ1v) is 9.24. The maximum atomic E-state index is 12.2. The molecule has 0 radical (unpaired) electrons. The molecule has 0 saturated carbocycles. The summed E-state index contributed by atoms with van der Waals surface area (Å²) in [5, 5.41) is 9.08. The molecule has 1 aliphatic heterocycles. The van der Waals surface area contributed by atoms with Crippen LogP contribution in [0.1, 0.15) is 12.8 Å². The minimum Gasteiger partial charge on any atom is -0.381 e.